The lowest BCUT2D eigenvalue weighted by atomic mass is 9.98. The van der Waals surface area contributed by atoms with Gasteiger partial charge in [0.25, 0.3) is 5.91 Å². The largest absolute Gasteiger partial charge is 0.508 e. The Morgan fingerprint density at radius 1 is 1.15 bits per heavy atom. The zero-order valence-corrected chi connectivity index (χ0v) is 15.2. The highest BCUT2D eigenvalue weighted by Gasteiger charge is 2.27. The molecule has 0 spiro atoms. The SMILES string of the molecule is [CH2]CCOc1ccc2c(c1)CN(C(=O)c1cc(C(C)C)c(O)cc1O)C2. The van der Waals surface area contributed by atoms with Crippen LogP contribution in [0.3, 0.4) is 0 Å². The molecule has 0 fully saturated rings. The van der Waals surface area contributed by atoms with E-state index in [1.807, 2.05) is 32.0 Å². The van der Waals surface area contributed by atoms with Gasteiger partial charge in [-0.05, 0) is 54.2 Å². The Morgan fingerprint density at radius 2 is 1.88 bits per heavy atom. The predicted octanol–water partition coefficient (Wildman–Crippen LogP) is 3.98. The number of aromatic hydroxyl groups is 2. The Kier molecular flexibility index (Phi) is 5.07. The van der Waals surface area contributed by atoms with Gasteiger partial charge in [-0.3, -0.25) is 4.79 Å². The summed E-state index contributed by atoms with van der Waals surface area (Å²) in [5, 5.41) is 20.1. The van der Waals surface area contributed by atoms with Gasteiger partial charge in [-0.1, -0.05) is 19.9 Å². The van der Waals surface area contributed by atoms with Crippen LogP contribution in [0.2, 0.25) is 0 Å². The van der Waals surface area contributed by atoms with E-state index in [9.17, 15) is 15.0 Å². The maximum atomic E-state index is 12.9. The van der Waals surface area contributed by atoms with Gasteiger partial charge in [0.2, 0.25) is 0 Å². The minimum Gasteiger partial charge on any atom is -0.508 e. The molecule has 0 bridgehead atoms. The van der Waals surface area contributed by atoms with E-state index in [0.717, 1.165) is 16.9 Å². The zero-order chi connectivity index (χ0) is 18.8. The molecule has 1 aliphatic rings. The van der Waals surface area contributed by atoms with Gasteiger partial charge in [-0.25, -0.2) is 0 Å². The number of fused-ring (bicyclic) bond motifs is 1. The van der Waals surface area contributed by atoms with Crippen molar-refractivity contribution in [1.82, 2.24) is 4.90 Å². The lowest BCUT2D eigenvalue weighted by Crippen LogP contribution is -2.25. The van der Waals surface area contributed by atoms with Gasteiger partial charge >= 0.3 is 0 Å². The summed E-state index contributed by atoms with van der Waals surface area (Å²) in [7, 11) is 0. The van der Waals surface area contributed by atoms with Gasteiger partial charge in [0, 0.05) is 19.2 Å². The third kappa shape index (κ3) is 3.47. The number of nitrogens with zero attached hydrogens (tertiary/aromatic N) is 1. The highest BCUT2D eigenvalue weighted by molar-refractivity contribution is 5.97. The van der Waals surface area contributed by atoms with E-state index in [2.05, 4.69) is 6.92 Å². The molecule has 0 atom stereocenters. The number of hydrogen-bond donors (Lipinski definition) is 2. The summed E-state index contributed by atoms with van der Waals surface area (Å²) in [6.07, 6.45) is 0.694. The third-order valence-electron chi connectivity index (χ3n) is 4.60. The number of rotatable bonds is 5. The second-order valence-electron chi connectivity index (χ2n) is 6.88. The van der Waals surface area contributed by atoms with Crippen molar-refractivity contribution in [2.24, 2.45) is 0 Å². The van der Waals surface area contributed by atoms with Gasteiger partial charge in [-0.15, -0.1) is 0 Å². The minimum absolute atomic E-state index is 0.00552. The highest BCUT2D eigenvalue weighted by Crippen LogP contribution is 2.34. The van der Waals surface area contributed by atoms with Crippen LogP contribution >= 0.6 is 0 Å². The quantitative estimate of drug-likeness (QED) is 0.852. The summed E-state index contributed by atoms with van der Waals surface area (Å²) in [5.41, 5.74) is 2.98. The number of amides is 1. The van der Waals surface area contributed by atoms with Crippen molar-refractivity contribution in [1.29, 1.82) is 0 Å². The van der Waals surface area contributed by atoms with E-state index in [4.69, 9.17) is 4.74 Å². The Labute approximate surface area is 153 Å². The van der Waals surface area contributed by atoms with Crippen LogP contribution in [0.1, 0.15) is 53.2 Å². The number of carbonyl (C=O) groups excluding carboxylic acids is 1. The molecule has 1 aliphatic heterocycles. The molecule has 5 nitrogen and oxygen atoms in total. The molecule has 0 aliphatic carbocycles. The first-order chi connectivity index (χ1) is 12.4. The zero-order valence-electron chi connectivity index (χ0n) is 15.2. The lowest BCUT2D eigenvalue weighted by Gasteiger charge is -2.18. The number of carbonyl (C=O) groups is 1. The van der Waals surface area contributed by atoms with Crippen molar-refractivity contribution >= 4 is 5.91 Å². The molecule has 2 aromatic rings. The van der Waals surface area contributed by atoms with Crippen LogP contribution in [0.5, 0.6) is 17.2 Å². The first-order valence-electron chi connectivity index (χ1n) is 8.79. The molecule has 0 aromatic heterocycles. The van der Waals surface area contributed by atoms with Gasteiger partial charge in [0.05, 0.1) is 12.2 Å². The average molecular weight is 354 g/mol. The molecule has 1 heterocycles. The number of benzene rings is 2. The number of phenolic OH excluding ortho intramolecular Hbond substituents is 2. The fourth-order valence-corrected chi connectivity index (χ4v) is 3.19. The second kappa shape index (κ2) is 7.28. The summed E-state index contributed by atoms with van der Waals surface area (Å²) < 4.78 is 5.60. The monoisotopic (exact) mass is 354 g/mol. The third-order valence-corrected chi connectivity index (χ3v) is 4.60. The molecule has 3 rings (SSSR count). The minimum atomic E-state index is -0.249. The van der Waals surface area contributed by atoms with Crippen molar-refractivity contribution in [2.45, 2.75) is 39.3 Å². The van der Waals surface area contributed by atoms with Crippen molar-refractivity contribution in [3.8, 4) is 17.2 Å². The summed E-state index contributed by atoms with van der Waals surface area (Å²) in [4.78, 5) is 14.6. The van der Waals surface area contributed by atoms with E-state index in [1.54, 1.807) is 11.0 Å². The van der Waals surface area contributed by atoms with Crippen LogP contribution < -0.4 is 4.74 Å². The molecule has 2 aromatic carbocycles. The molecule has 137 valence electrons. The van der Waals surface area contributed by atoms with Crippen LogP contribution in [-0.4, -0.2) is 27.6 Å². The number of ether oxygens (including phenoxy) is 1. The Hall–Kier alpha value is -2.69. The van der Waals surface area contributed by atoms with Gasteiger partial charge in [0.1, 0.15) is 17.2 Å². The molecular formula is C21H24NO4. The van der Waals surface area contributed by atoms with E-state index < -0.39 is 0 Å². The van der Waals surface area contributed by atoms with Crippen molar-refractivity contribution in [2.75, 3.05) is 6.61 Å². The number of phenols is 2. The topological polar surface area (TPSA) is 70.0 Å². The molecule has 1 amide bonds. The maximum absolute atomic E-state index is 12.9. The van der Waals surface area contributed by atoms with Crippen molar-refractivity contribution in [3.63, 3.8) is 0 Å². The van der Waals surface area contributed by atoms with Crippen LogP contribution in [0, 0.1) is 6.92 Å². The Bertz CT molecular complexity index is 829. The molecule has 0 saturated carbocycles. The highest BCUT2D eigenvalue weighted by atomic mass is 16.5. The van der Waals surface area contributed by atoms with Crippen LogP contribution in [0.4, 0.5) is 0 Å². The first-order valence-corrected chi connectivity index (χ1v) is 8.79. The fourth-order valence-electron chi connectivity index (χ4n) is 3.19. The average Bonchev–Trinajstić information content (AvgIpc) is 3.02. The molecule has 0 saturated heterocycles. The van der Waals surface area contributed by atoms with E-state index in [1.165, 1.54) is 6.07 Å². The first kappa shape index (κ1) is 18.1. The standard InChI is InChI=1S/C21H24NO4/c1-4-7-26-16-6-5-14-11-22(12-15(14)8-16)21(25)18-9-17(13(2)3)19(23)10-20(18)24/h5-6,8-10,13,23-24H,1,4,7,11-12H2,2-3H3. The normalized spacial score (nSPS) is 13.2. The Balaban J connectivity index is 1.82. The number of hydrogen-bond acceptors (Lipinski definition) is 4. The summed E-state index contributed by atoms with van der Waals surface area (Å²) >= 11 is 0. The van der Waals surface area contributed by atoms with Crippen LogP contribution in [0.15, 0.2) is 30.3 Å². The molecule has 0 unspecified atom stereocenters. The predicted molar refractivity (Wildman–Crippen MR) is 99.3 cm³/mol. The van der Waals surface area contributed by atoms with Gasteiger partial charge in [-0.2, -0.15) is 0 Å². The molecule has 2 N–H and O–H groups in total. The fraction of sp³-hybridized carbons (Fsp3) is 0.333. The van der Waals surface area contributed by atoms with E-state index >= 15 is 0 Å². The van der Waals surface area contributed by atoms with Crippen molar-refractivity contribution in [3.05, 3.63) is 59.5 Å². The summed E-state index contributed by atoms with van der Waals surface area (Å²) in [5.74, 6) is 0.376. The van der Waals surface area contributed by atoms with E-state index in [-0.39, 0.29) is 28.9 Å². The van der Waals surface area contributed by atoms with Gasteiger partial charge < -0.3 is 19.8 Å². The smallest absolute Gasteiger partial charge is 0.258 e. The second-order valence-corrected chi connectivity index (χ2v) is 6.88. The maximum Gasteiger partial charge on any atom is 0.258 e. The lowest BCUT2D eigenvalue weighted by molar-refractivity contribution is 0.0748. The molecule has 1 radical (unpaired) electrons. The van der Waals surface area contributed by atoms with Crippen molar-refractivity contribution < 1.29 is 19.7 Å². The molecule has 5 heteroatoms. The molecule has 26 heavy (non-hydrogen) atoms. The van der Waals surface area contributed by atoms with Crippen LogP contribution in [0.25, 0.3) is 0 Å². The van der Waals surface area contributed by atoms with Crippen LogP contribution in [-0.2, 0) is 13.1 Å². The van der Waals surface area contributed by atoms with Gasteiger partial charge in [0.15, 0.2) is 0 Å². The summed E-state index contributed by atoms with van der Waals surface area (Å²) in [6.45, 7) is 9.13. The van der Waals surface area contributed by atoms with E-state index in [0.29, 0.717) is 31.7 Å². The summed E-state index contributed by atoms with van der Waals surface area (Å²) in [6, 6.07) is 8.66. The Morgan fingerprint density at radius 3 is 2.58 bits per heavy atom. The molecular weight excluding hydrogens is 330 g/mol.